The quantitative estimate of drug-likeness (QED) is 0.784. The summed E-state index contributed by atoms with van der Waals surface area (Å²) in [6.07, 6.45) is -2.87. The van der Waals surface area contributed by atoms with Gasteiger partial charge in [0.15, 0.2) is 17.3 Å². The first-order valence-corrected chi connectivity index (χ1v) is 6.66. The smallest absolute Gasteiger partial charge is 0.401 e. The zero-order chi connectivity index (χ0) is 15.0. The minimum Gasteiger partial charge on any atom is -0.454 e. The predicted molar refractivity (Wildman–Crippen MR) is 67.5 cm³/mol. The summed E-state index contributed by atoms with van der Waals surface area (Å²) >= 11 is 0. The number of hydrogen-bond donors (Lipinski definition) is 0. The fourth-order valence-electron chi connectivity index (χ4n) is 2.33. The monoisotopic (exact) mass is 301 g/mol. The van der Waals surface area contributed by atoms with Crippen LogP contribution in [-0.2, 0) is 0 Å². The number of ketones is 1. The van der Waals surface area contributed by atoms with Crippen LogP contribution < -0.4 is 9.47 Å². The molecule has 1 aromatic carbocycles. The van der Waals surface area contributed by atoms with Crippen molar-refractivity contribution >= 4 is 5.78 Å². The molecule has 1 aliphatic heterocycles. The lowest BCUT2D eigenvalue weighted by Crippen LogP contribution is -2.39. The number of rotatable bonds is 5. The number of fused-ring (bicyclic) bond motifs is 1. The summed E-state index contributed by atoms with van der Waals surface area (Å²) in [7, 11) is 0. The standard InChI is InChI=1S/C14H14F3NO3/c15-14(16,17)7-18(10-2-3-10)6-11(19)9-1-4-12-13(5-9)21-8-20-12/h1,4-5,10H,2-3,6-8H2. The lowest BCUT2D eigenvalue weighted by Gasteiger charge is -2.22. The van der Waals surface area contributed by atoms with Gasteiger partial charge in [-0.3, -0.25) is 9.69 Å². The Morgan fingerprint density at radius 1 is 1.24 bits per heavy atom. The van der Waals surface area contributed by atoms with Crippen LogP contribution in [0.2, 0.25) is 0 Å². The normalized spacial score (nSPS) is 17.3. The van der Waals surface area contributed by atoms with Gasteiger partial charge in [0.05, 0.1) is 13.1 Å². The first-order valence-electron chi connectivity index (χ1n) is 6.66. The molecule has 1 aliphatic carbocycles. The van der Waals surface area contributed by atoms with Crippen molar-refractivity contribution in [1.29, 1.82) is 0 Å². The number of carbonyl (C=O) groups is 1. The Morgan fingerprint density at radius 2 is 1.95 bits per heavy atom. The highest BCUT2D eigenvalue weighted by atomic mass is 19.4. The molecule has 0 atom stereocenters. The number of hydrogen-bond acceptors (Lipinski definition) is 4. The van der Waals surface area contributed by atoms with Crippen LogP contribution in [0.1, 0.15) is 23.2 Å². The van der Waals surface area contributed by atoms with Crippen molar-refractivity contribution in [3.63, 3.8) is 0 Å². The first-order chi connectivity index (χ1) is 9.92. The summed E-state index contributed by atoms with van der Waals surface area (Å²) < 4.78 is 47.9. The molecule has 0 radical (unpaired) electrons. The van der Waals surface area contributed by atoms with Gasteiger partial charge in [0.2, 0.25) is 6.79 Å². The Labute approximate surface area is 119 Å². The lowest BCUT2D eigenvalue weighted by atomic mass is 10.1. The molecular weight excluding hydrogens is 287 g/mol. The average molecular weight is 301 g/mol. The van der Waals surface area contributed by atoms with E-state index in [1.807, 2.05) is 0 Å². The summed E-state index contributed by atoms with van der Waals surface area (Å²) in [5.74, 6) is 0.653. The molecule has 1 heterocycles. The van der Waals surface area contributed by atoms with Crippen molar-refractivity contribution in [2.45, 2.75) is 25.1 Å². The molecular formula is C14H14F3NO3. The minimum absolute atomic E-state index is 0.0925. The summed E-state index contributed by atoms with van der Waals surface area (Å²) in [6, 6.07) is 4.53. The van der Waals surface area contributed by atoms with E-state index in [-0.39, 0.29) is 25.2 Å². The van der Waals surface area contributed by atoms with Crippen LogP contribution in [0.3, 0.4) is 0 Å². The maximum absolute atomic E-state index is 12.5. The number of nitrogens with zero attached hydrogens (tertiary/aromatic N) is 1. The lowest BCUT2D eigenvalue weighted by molar-refractivity contribution is -0.145. The number of benzene rings is 1. The molecule has 0 saturated heterocycles. The van der Waals surface area contributed by atoms with Crippen molar-refractivity contribution in [3.8, 4) is 11.5 Å². The predicted octanol–water partition coefficient (Wildman–Crippen LogP) is 2.62. The third-order valence-electron chi connectivity index (χ3n) is 3.49. The van der Waals surface area contributed by atoms with Crippen molar-refractivity contribution in [2.75, 3.05) is 19.9 Å². The Morgan fingerprint density at radius 3 is 2.62 bits per heavy atom. The van der Waals surface area contributed by atoms with Crippen LogP contribution in [0, 0.1) is 0 Å². The molecule has 0 amide bonds. The van der Waals surface area contributed by atoms with Crippen LogP contribution in [-0.4, -0.2) is 42.8 Å². The van der Waals surface area contributed by atoms with Crippen molar-refractivity contribution in [2.24, 2.45) is 0 Å². The Balaban J connectivity index is 1.69. The fraction of sp³-hybridized carbons (Fsp3) is 0.500. The van der Waals surface area contributed by atoms with Gasteiger partial charge < -0.3 is 9.47 Å². The van der Waals surface area contributed by atoms with E-state index in [4.69, 9.17) is 9.47 Å². The maximum Gasteiger partial charge on any atom is 0.401 e. The van der Waals surface area contributed by atoms with Gasteiger partial charge >= 0.3 is 6.18 Å². The molecule has 0 bridgehead atoms. The topological polar surface area (TPSA) is 38.8 Å². The third-order valence-corrected chi connectivity index (χ3v) is 3.49. The van der Waals surface area contributed by atoms with E-state index in [1.54, 1.807) is 12.1 Å². The molecule has 3 rings (SSSR count). The summed E-state index contributed by atoms with van der Waals surface area (Å²) in [5.41, 5.74) is 0.340. The van der Waals surface area contributed by atoms with Crippen molar-refractivity contribution in [1.82, 2.24) is 4.90 Å². The molecule has 0 aromatic heterocycles. The molecule has 4 nitrogen and oxygen atoms in total. The van der Waals surface area contributed by atoms with Crippen molar-refractivity contribution in [3.05, 3.63) is 23.8 Å². The van der Waals surface area contributed by atoms with Crippen LogP contribution in [0.15, 0.2) is 18.2 Å². The van der Waals surface area contributed by atoms with Gasteiger partial charge in [-0.1, -0.05) is 0 Å². The van der Waals surface area contributed by atoms with Gasteiger partial charge in [-0.2, -0.15) is 13.2 Å². The summed E-state index contributed by atoms with van der Waals surface area (Å²) in [5, 5.41) is 0. The maximum atomic E-state index is 12.5. The molecule has 114 valence electrons. The Hall–Kier alpha value is -1.76. The highest BCUT2D eigenvalue weighted by molar-refractivity contribution is 5.98. The molecule has 1 saturated carbocycles. The number of halogens is 3. The van der Waals surface area contributed by atoms with Gasteiger partial charge in [-0.05, 0) is 31.0 Å². The number of ether oxygens (including phenoxy) is 2. The first kappa shape index (κ1) is 14.2. The van der Waals surface area contributed by atoms with Gasteiger partial charge in [-0.15, -0.1) is 0 Å². The number of carbonyl (C=O) groups excluding carboxylic acids is 1. The second kappa shape index (κ2) is 5.22. The molecule has 21 heavy (non-hydrogen) atoms. The number of alkyl halides is 3. The molecule has 0 N–H and O–H groups in total. The zero-order valence-corrected chi connectivity index (χ0v) is 11.2. The second-order valence-corrected chi connectivity index (χ2v) is 5.24. The highest BCUT2D eigenvalue weighted by Crippen LogP contribution is 2.33. The Kier molecular flexibility index (Phi) is 3.52. The van der Waals surface area contributed by atoms with Gasteiger partial charge in [0.25, 0.3) is 0 Å². The summed E-state index contributed by atoms with van der Waals surface area (Å²) in [4.78, 5) is 13.4. The van der Waals surface area contributed by atoms with E-state index in [1.165, 1.54) is 11.0 Å². The molecule has 2 aliphatic rings. The van der Waals surface area contributed by atoms with Crippen LogP contribution in [0.5, 0.6) is 11.5 Å². The van der Waals surface area contributed by atoms with Crippen molar-refractivity contribution < 1.29 is 27.4 Å². The van der Waals surface area contributed by atoms with E-state index in [9.17, 15) is 18.0 Å². The van der Waals surface area contributed by atoms with Gasteiger partial charge in [-0.25, -0.2) is 0 Å². The average Bonchev–Trinajstić information content (AvgIpc) is 3.14. The van der Waals surface area contributed by atoms with E-state index in [0.717, 1.165) is 0 Å². The van der Waals surface area contributed by atoms with Crippen LogP contribution in [0.25, 0.3) is 0 Å². The second-order valence-electron chi connectivity index (χ2n) is 5.24. The van der Waals surface area contributed by atoms with Gasteiger partial charge in [0.1, 0.15) is 0 Å². The number of Topliss-reactive ketones (excluding diaryl/α,β-unsaturated/α-hetero) is 1. The largest absolute Gasteiger partial charge is 0.454 e. The molecule has 0 unspecified atom stereocenters. The van der Waals surface area contributed by atoms with E-state index >= 15 is 0 Å². The molecule has 0 spiro atoms. The Bertz CT molecular complexity index is 555. The highest BCUT2D eigenvalue weighted by Gasteiger charge is 2.38. The van der Waals surface area contributed by atoms with Gasteiger partial charge in [0, 0.05) is 11.6 Å². The van der Waals surface area contributed by atoms with Crippen LogP contribution in [0.4, 0.5) is 13.2 Å². The van der Waals surface area contributed by atoms with Crippen LogP contribution >= 0.6 is 0 Å². The van der Waals surface area contributed by atoms with E-state index in [2.05, 4.69) is 0 Å². The SMILES string of the molecule is O=C(CN(CC(F)(F)F)C1CC1)c1ccc2c(c1)OCO2. The molecule has 1 fully saturated rings. The third kappa shape index (κ3) is 3.47. The zero-order valence-electron chi connectivity index (χ0n) is 11.2. The molecule has 7 heteroatoms. The van der Waals surface area contributed by atoms with E-state index in [0.29, 0.717) is 29.9 Å². The summed E-state index contributed by atoms with van der Waals surface area (Å²) in [6.45, 7) is -1.19. The molecule has 1 aromatic rings. The fourth-order valence-corrected chi connectivity index (χ4v) is 2.33. The minimum atomic E-state index is -4.29. The van der Waals surface area contributed by atoms with E-state index < -0.39 is 12.7 Å².